The summed E-state index contributed by atoms with van der Waals surface area (Å²) in [5, 5.41) is 10.2. The summed E-state index contributed by atoms with van der Waals surface area (Å²) in [5.74, 6) is -0.365. The highest BCUT2D eigenvalue weighted by atomic mass is 16.5. The van der Waals surface area contributed by atoms with E-state index in [9.17, 15) is 14.7 Å². The van der Waals surface area contributed by atoms with Crippen molar-refractivity contribution in [3.05, 3.63) is 48.2 Å². The molecule has 0 aliphatic carbocycles. The summed E-state index contributed by atoms with van der Waals surface area (Å²) in [6, 6.07) is 7.13. The molecule has 0 atom stereocenters. The number of para-hydroxylation sites is 1. The molecule has 0 fully saturated rings. The van der Waals surface area contributed by atoms with Gasteiger partial charge in [-0.2, -0.15) is 0 Å². The van der Waals surface area contributed by atoms with Crippen LogP contribution in [0.15, 0.2) is 36.9 Å². The standard InChI is InChI=1S/C16H17NO4/c1-3-7-13-12(10-15(18)21-4-2)11-8-5-6-9-14(11)17(13)16(19)20/h3,5-6,8-9H,1,4,7,10H2,2H3,(H,19,20). The van der Waals surface area contributed by atoms with Gasteiger partial charge in [-0.05, 0) is 18.6 Å². The molecule has 1 heterocycles. The number of carbonyl (C=O) groups is 2. The van der Waals surface area contributed by atoms with Gasteiger partial charge in [0, 0.05) is 17.5 Å². The summed E-state index contributed by atoms with van der Waals surface area (Å²) in [7, 11) is 0. The van der Waals surface area contributed by atoms with Crippen molar-refractivity contribution in [2.45, 2.75) is 19.8 Å². The zero-order valence-electron chi connectivity index (χ0n) is 11.8. The highest BCUT2D eigenvalue weighted by molar-refractivity contribution is 5.95. The molecule has 0 spiro atoms. The molecule has 5 heteroatoms. The number of fused-ring (bicyclic) bond motifs is 1. The molecule has 0 unspecified atom stereocenters. The molecular weight excluding hydrogens is 270 g/mol. The van der Waals surface area contributed by atoms with Crippen molar-refractivity contribution >= 4 is 23.0 Å². The Morgan fingerprint density at radius 1 is 1.38 bits per heavy atom. The number of aromatic nitrogens is 1. The Morgan fingerprint density at radius 2 is 2.10 bits per heavy atom. The normalized spacial score (nSPS) is 10.5. The van der Waals surface area contributed by atoms with E-state index in [0.717, 1.165) is 5.39 Å². The maximum absolute atomic E-state index is 11.8. The molecule has 1 aromatic carbocycles. The van der Waals surface area contributed by atoms with Gasteiger partial charge in [-0.3, -0.25) is 4.79 Å². The molecular formula is C16H17NO4. The van der Waals surface area contributed by atoms with Gasteiger partial charge < -0.3 is 9.84 Å². The van der Waals surface area contributed by atoms with Crippen LogP contribution in [0, 0.1) is 0 Å². The molecule has 2 rings (SSSR count). The van der Waals surface area contributed by atoms with E-state index in [-0.39, 0.29) is 12.4 Å². The fourth-order valence-electron chi connectivity index (χ4n) is 2.48. The van der Waals surface area contributed by atoms with E-state index in [2.05, 4.69) is 6.58 Å². The van der Waals surface area contributed by atoms with Crippen LogP contribution in [0.5, 0.6) is 0 Å². The molecule has 0 aliphatic heterocycles. The van der Waals surface area contributed by atoms with E-state index in [4.69, 9.17) is 4.74 Å². The molecule has 0 amide bonds. The summed E-state index contributed by atoms with van der Waals surface area (Å²) in [6.45, 7) is 5.70. The molecule has 1 aromatic heterocycles. The topological polar surface area (TPSA) is 68.5 Å². The third-order valence-electron chi connectivity index (χ3n) is 3.24. The van der Waals surface area contributed by atoms with Crippen molar-refractivity contribution in [3.63, 3.8) is 0 Å². The van der Waals surface area contributed by atoms with E-state index in [1.807, 2.05) is 12.1 Å². The summed E-state index contributed by atoms with van der Waals surface area (Å²) < 4.78 is 6.19. The third kappa shape index (κ3) is 2.81. The first-order valence-electron chi connectivity index (χ1n) is 6.71. The first-order valence-corrected chi connectivity index (χ1v) is 6.71. The minimum absolute atomic E-state index is 0.0534. The molecule has 0 aliphatic rings. The fraction of sp³-hybridized carbons (Fsp3) is 0.250. The van der Waals surface area contributed by atoms with Gasteiger partial charge in [0.1, 0.15) is 0 Å². The molecule has 0 saturated carbocycles. The van der Waals surface area contributed by atoms with Gasteiger partial charge in [-0.25, -0.2) is 9.36 Å². The first-order chi connectivity index (χ1) is 10.1. The number of allylic oxidation sites excluding steroid dienone is 1. The Hall–Kier alpha value is -2.56. The average molecular weight is 287 g/mol. The van der Waals surface area contributed by atoms with E-state index in [0.29, 0.717) is 29.8 Å². The summed E-state index contributed by atoms with van der Waals surface area (Å²) in [4.78, 5) is 23.3. The highest BCUT2D eigenvalue weighted by Gasteiger charge is 2.21. The largest absolute Gasteiger partial charge is 0.466 e. The quantitative estimate of drug-likeness (QED) is 0.678. The smallest absolute Gasteiger partial charge is 0.416 e. The van der Waals surface area contributed by atoms with Crippen LogP contribution in [-0.4, -0.2) is 28.3 Å². The predicted octanol–water partition coefficient (Wildman–Crippen LogP) is 3.00. The van der Waals surface area contributed by atoms with Crippen molar-refractivity contribution in [2.24, 2.45) is 0 Å². The fourth-order valence-corrected chi connectivity index (χ4v) is 2.48. The highest BCUT2D eigenvalue weighted by Crippen LogP contribution is 2.27. The number of hydrogen-bond donors (Lipinski definition) is 1. The van der Waals surface area contributed by atoms with Crippen LogP contribution in [0.2, 0.25) is 0 Å². The van der Waals surface area contributed by atoms with E-state index in [1.165, 1.54) is 4.57 Å². The second-order valence-corrected chi connectivity index (χ2v) is 4.53. The van der Waals surface area contributed by atoms with Crippen LogP contribution in [0.4, 0.5) is 4.79 Å². The Kier molecular flexibility index (Phi) is 4.42. The number of carboxylic acid groups (broad SMARTS) is 1. The molecule has 21 heavy (non-hydrogen) atoms. The van der Waals surface area contributed by atoms with Gasteiger partial charge in [-0.1, -0.05) is 24.3 Å². The van der Waals surface area contributed by atoms with Gasteiger partial charge in [0.2, 0.25) is 0 Å². The van der Waals surface area contributed by atoms with Crippen LogP contribution in [0.1, 0.15) is 18.2 Å². The Balaban J connectivity index is 2.65. The van der Waals surface area contributed by atoms with Gasteiger partial charge in [0.05, 0.1) is 18.5 Å². The lowest BCUT2D eigenvalue weighted by Gasteiger charge is -2.06. The predicted molar refractivity (Wildman–Crippen MR) is 79.6 cm³/mol. The van der Waals surface area contributed by atoms with Crippen molar-refractivity contribution < 1.29 is 19.4 Å². The van der Waals surface area contributed by atoms with Crippen molar-refractivity contribution in [3.8, 4) is 0 Å². The van der Waals surface area contributed by atoms with Crippen molar-refractivity contribution in [1.29, 1.82) is 0 Å². The number of carbonyl (C=O) groups excluding carboxylic acids is 1. The molecule has 0 radical (unpaired) electrons. The Bertz CT molecular complexity index is 700. The number of nitrogens with zero attached hydrogens (tertiary/aromatic N) is 1. The second kappa shape index (κ2) is 6.26. The Labute approximate surface area is 122 Å². The maximum Gasteiger partial charge on any atom is 0.416 e. The molecule has 110 valence electrons. The minimum atomic E-state index is -1.07. The van der Waals surface area contributed by atoms with E-state index < -0.39 is 6.09 Å². The second-order valence-electron chi connectivity index (χ2n) is 4.53. The van der Waals surface area contributed by atoms with E-state index in [1.54, 1.807) is 25.1 Å². The molecule has 0 saturated heterocycles. The number of esters is 1. The Morgan fingerprint density at radius 3 is 2.71 bits per heavy atom. The van der Waals surface area contributed by atoms with Gasteiger partial charge >= 0.3 is 12.1 Å². The maximum atomic E-state index is 11.8. The number of rotatable bonds is 5. The summed E-state index contributed by atoms with van der Waals surface area (Å²) >= 11 is 0. The van der Waals surface area contributed by atoms with Crippen LogP contribution in [0.3, 0.4) is 0 Å². The first kappa shape index (κ1) is 14.8. The van der Waals surface area contributed by atoms with Gasteiger partial charge in [-0.15, -0.1) is 6.58 Å². The third-order valence-corrected chi connectivity index (χ3v) is 3.24. The van der Waals surface area contributed by atoms with Crippen LogP contribution >= 0.6 is 0 Å². The molecule has 5 nitrogen and oxygen atoms in total. The van der Waals surface area contributed by atoms with E-state index >= 15 is 0 Å². The van der Waals surface area contributed by atoms with Crippen LogP contribution in [-0.2, 0) is 22.4 Å². The zero-order valence-corrected chi connectivity index (χ0v) is 11.8. The minimum Gasteiger partial charge on any atom is -0.466 e. The lowest BCUT2D eigenvalue weighted by Crippen LogP contribution is -2.14. The van der Waals surface area contributed by atoms with Gasteiger partial charge in [0.25, 0.3) is 0 Å². The van der Waals surface area contributed by atoms with Crippen LogP contribution < -0.4 is 0 Å². The molecule has 2 aromatic rings. The monoisotopic (exact) mass is 287 g/mol. The number of ether oxygens (including phenoxy) is 1. The lowest BCUT2D eigenvalue weighted by atomic mass is 10.1. The lowest BCUT2D eigenvalue weighted by molar-refractivity contribution is -0.142. The summed E-state index contributed by atoms with van der Waals surface area (Å²) in [6.07, 6.45) is 0.980. The number of hydrogen-bond acceptors (Lipinski definition) is 3. The zero-order chi connectivity index (χ0) is 15.4. The summed E-state index contributed by atoms with van der Waals surface area (Å²) in [5.41, 5.74) is 1.82. The number of benzene rings is 1. The van der Waals surface area contributed by atoms with Crippen molar-refractivity contribution in [2.75, 3.05) is 6.61 Å². The average Bonchev–Trinajstić information content (AvgIpc) is 2.74. The van der Waals surface area contributed by atoms with Gasteiger partial charge in [0.15, 0.2) is 0 Å². The molecule has 1 N–H and O–H groups in total. The SMILES string of the molecule is C=CCc1c(CC(=O)OCC)c2ccccc2n1C(=O)O. The van der Waals surface area contributed by atoms with Crippen molar-refractivity contribution in [1.82, 2.24) is 4.57 Å². The van der Waals surface area contributed by atoms with Crippen LogP contribution in [0.25, 0.3) is 10.9 Å². The molecule has 0 bridgehead atoms.